The number of carboxylic acids is 1. The molecule has 1 heterocycles. The van der Waals surface area contributed by atoms with Gasteiger partial charge in [-0.3, -0.25) is 4.68 Å². The largest absolute Gasteiger partial charge is 0.479 e. The van der Waals surface area contributed by atoms with Gasteiger partial charge in [0.05, 0.1) is 5.69 Å². The van der Waals surface area contributed by atoms with Crippen LogP contribution in [-0.2, 0) is 18.3 Å². The Morgan fingerprint density at radius 3 is 2.65 bits per heavy atom. The summed E-state index contributed by atoms with van der Waals surface area (Å²) in [5.41, 5.74) is 2.16. The van der Waals surface area contributed by atoms with Crippen LogP contribution in [0, 0.1) is 0 Å². The zero-order valence-electron chi connectivity index (χ0n) is 11.3. The molecule has 106 valence electrons. The topological polar surface area (TPSA) is 67.2 Å². The highest BCUT2D eigenvalue weighted by Crippen LogP contribution is 2.24. The zero-order valence-corrected chi connectivity index (χ0v) is 12.1. The number of carbonyl (C=O) groups is 1. The normalized spacial score (nSPS) is 12.2. The highest BCUT2D eigenvalue weighted by atomic mass is 35.5. The van der Waals surface area contributed by atoms with E-state index in [1.165, 1.54) is 0 Å². The van der Waals surface area contributed by atoms with Crippen molar-refractivity contribution in [2.75, 3.05) is 5.32 Å². The molecule has 0 bridgehead atoms. The second-order valence-electron chi connectivity index (χ2n) is 4.48. The predicted octanol–water partition coefficient (Wildman–Crippen LogP) is 2.87. The molecular weight excluding hydrogens is 278 g/mol. The number of aliphatic carboxylic acids is 1. The Kier molecular flexibility index (Phi) is 4.29. The third-order valence-corrected chi connectivity index (χ3v) is 3.24. The summed E-state index contributed by atoms with van der Waals surface area (Å²) in [4.78, 5) is 11.5. The summed E-state index contributed by atoms with van der Waals surface area (Å²) in [6.07, 6.45) is 2.42. The third-order valence-electron chi connectivity index (χ3n) is 2.99. The van der Waals surface area contributed by atoms with Crippen LogP contribution in [0.2, 0.25) is 5.02 Å². The Bertz CT molecular complexity index is 607. The summed E-state index contributed by atoms with van der Waals surface area (Å²) < 4.78 is 1.63. The molecule has 0 spiro atoms. The van der Waals surface area contributed by atoms with E-state index in [-0.39, 0.29) is 0 Å². The Balaban J connectivity index is 2.31. The van der Waals surface area contributed by atoms with Crippen molar-refractivity contribution in [1.29, 1.82) is 0 Å². The molecular formula is C14H16ClN3O2. The van der Waals surface area contributed by atoms with Gasteiger partial charge in [0, 0.05) is 29.5 Å². The molecule has 2 aromatic rings. The Labute approximate surface area is 122 Å². The minimum absolute atomic E-state index is 0.609. The highest BCUT2D eigenvalue weighted by Gasteiger charge is 2.24. The lowest BCUT2D eigenvalue weighted by atomic mass is 10.1. The number of nitrogens with zero attached hydrogens (tertiary/aromatic N) is 2. The van der Waals surface area contributed by atoms with E-state index in [1.807, 2.05) is 6.92 Å². The van der Waals surface area contributed by atoms with Gasteiger partial charge in [-0.25, -0.2) is 4.79 Å². The SMILES string of the molecule is CCc1nn(C)cc1C(Nc1ccc(Cl)cc1)C(=O)O. The van der Waals surface area contributed by atoms with E-state index in [4.69, 9.17) is 11.6 Å². The van der Waals surface area contributed by atoms with Crippen LogP contribution in [0.3, 0.4) is 0 Å². The van der Waals surface area contributed by atoms with E-state index < -0.39 is 12.0 Å². The Morgan fingerprint density at radius 2 is 2.10 bits per heavy atom. The van der Waals surface area contributed by atoms with Crippen molar-refractivity contribution in [1.82, 2.24) is 9.78 Å². The molecule has 20 heavy (non-hydrogen) atoms. The van der Waals surface area contributed by atoms with Crippen molar-refractivity contribution >= 4 is 23.3 Å². The molecule has 0 aliphatic heterocycles. The van der Waals surface area contributed by atoms with E-state index in [9.17, 15) is 9.90 Å². The first-order valence-corrected chi connectivity index (χ1v) is 6.66. The summed E-state index contributed by atoms with van der Waals surface area (Å²) in [7, 11) is 1.78. The number of nitrogens with one attached hydrogen (secondary N) is 1. The number of hydrogen-bond donors (Lipinski definition) is 2. The molecule has 0 radical (unpaired) electrons. The standard InChI is InChI=1S/C14H16ClN3O2/c1-3-12-11(8-18(2)17-12)13(14(19)20)16-10-6-4-9(15)5-7-10/h4-8,13,16H,3H2,1-2H3,(H,19,20). The van der Waals surface area contributed by atoms with E-state index in [1.54, 1.807) is 42.2 Å². The quantitative estimate of drug-likeness (QED) is 0.889. The molecule has 1 aromatic carbocycles. The van der Waals surface area contributed by atoms with Gasteiger partial charge in [-0.15, -0.1) is 0 Å². The number of aromatic nitrogens is 2. The van der Waals surface area contributed by atoms with Gasteiger partial charge in [-0.2, -0.15) is 5.10 Å². The molecule has 0 aliphatic carbocycles. The number of benzene rings is 1. The second-order valence-corrected chi connectivity index (χ2v) is 4.92. The van der Waals surface area contributed by atoms with Gasteiger partial charge in [0.25, 0.3) is 0 Å². The molecule has 1 unspecified atom stereocenters. The molecule has 0 fully saturated rings. The van der Waals surface area contributed by atoms with E-state index in [0.717, 1.165) is 5.69 Å². The first kappa shape index (κ1) is 14.4. The Morgan fingerprint density at radius 1 is 1.45 bits per heavy atom. The van der Waals surface area contributed by atoms with Crippen LogP contribution >= 0.6 is 11.6 Å². The van der Waals surface area contributed by atoms with Crippen molar-refractivity contribution < 1.29 is 9.90 Å². The summed E-state index contributed by atoms with van der Waals surface area (Å²) in [5.74, 6) is -0.942. The van der Waals surface area contributed by atoms with Gasteiger partial charge in [0.2, 0.25) is 0 Å². The fourth-order valence-electron chi connectivity index (χ4n) is 2.05. The fourth-order valence-corrected chi connectivity index (χ4v) is 2.18. The smallest absolute Gasteiger partial charge is 0.330 e. The monoisotopic (exact) mass is 293 g/mol. The molecule has 6 heteroatoms. The maximum Gasteiger partial charge on any atom is 0.330 e. The highest BCUT2D eigenvalue weighted by molar-refractivity contribution is 6.30. The van der Waals surface area contributed by atoms with Crippen LogP contribution < -0.4 is 5.32 Å². The average molecular weight is 294 g/mol. The third kappa shape index (κ3) is 3.11. The summed E-state index contributed by atoms with van der Waals surface area (Å²) >= 11 is 5.82. The average Bonchev–Trinajstić information content (AvgIpc) is 2.78. The minimum atomic E-state index is -0.942. The second kappa shape index (κ2) is 5.96. The fraction of sp³-hybridized carbons (Fsp3) is 0.286. The summed E-state index contributed by atoms with van der Waals surface area (Å²) in [6, 6.07) is 6.10. The van der Waals surface area contributed by atoms with Gasteiger partial charge in [-0.05, 0) is 30.7 Å². The van der Waals surface area contributed by atoms with Crippen molar-refractivity contribution in [3.63, 3.8) is 0 Å². The molecule has 2 N–H and O–H groups in total. The Hall–Kier alpha value is -2.01. The van der Waals surface area contributed by atoms with Crippen molar-refractivity contribution in [2.45, 2.75) is 19.4 Å². The van der Waals surface area contributed by atoms with Crippen molar-refractivity contribution in [2.24, 2.45) is 7.05 Å². The lowest BCUT2D eigenvalue weighted by Gasteiger charge is -2.15. The van der Waals surface area contributed by atoms with Crippen LogP contribution in [0.5, 0.6) is 0 Å². The van der Waals surface area contributed by atoms with Crippen LogP contribution in [-0.4, -0.2) is 20.9 Å². The maximum absolute atomic E-state index is 11.5. The van der Waals surface area contributed by atoms with Gasteiger partial charge >= 0.3 is 5.97 Å². The van der Waals surface area contributed by atoms with E-state index >= 15 is 0 Å². The van der Waals surface area contributed by atoms with Gasteiger partial charge in [0.15, 0.2) is 6.04 Å². The number of anilines is 1. The molecule has 5 nitrogen and oxygen atoms in total. The van der Waals surface area contributed by atoms with Crippen LogP contribution in [0.4, 0.5) is 5.69 Å². The number of rotatable bonds is 5. The minimum Gasteiger partial charge on any atom is -0.479 e. The number of halogens is 1. The zero-order chi connectivity index (χ0) is 14.7. The molecule has 0 saturated carbocycles. The lowest BCUT2D eigenvalue weighted by Crippen LogP contribution is -2.21. The lowest BCUT2D eigenvalue weighted by molar-refractivity contribution is -0.138. The number of carboxylic acid groups (broad SMARTS) is 1. The van der Waals surface area contributed by atoms with E-state index in [2.05, 4.69) is 10.4 Å². The first-order chi connectivity index (χ1) is 9.51. The van der Waals surface area contributed by atoms with Gasteiger partial charge < -0.3 is 10.4 Å². The molecule has 0 aliphatic rings. The maximum atomic E-state index is 11.5. The predicted molar refractivity (Wildman–Crippen MR) is 78.0 cm³/mol. The molecule has 1 aromatic heterocycles. The summed E-state index contributed by atoms with van der Waals surface area (Å²) in [6.45, 7) is 1.95. The summed E-state index contributed by atoms with van der Waals surface area (Å²) in [5, 5.41) is 17.3. The van der Waals surface area contributed by atoms with Gasteiger partial charge in [0.1, 0.15) is 0 Å². The van der Waals surface area contributed by atoms with Crippen molar-refractivity contribution in [3.8, 4) is 0 Å². The van der Waals surface area contributed by atoms with Crippen molar-refractivity contribution in [3.05, 3.63) is 46.7 Å². The van der Waals surface area contributed by atoms with Crippen LogP contribution in [0.1, 0.15) is 24.2 Å². The molecule has 0 saturated heterocycles. The van der Waals surface area contributed by atoms with Crippen LogP contribution in [0.15, 0.2) is 30.5 Å². The number of hydrogen-bond acceptors (Lipinski definition) is 3. The van der Waals surface area contributed by atoms with Crippen LogP contribution in [0.25, 0.3) is 0 Å². The molecule has 2 rings (SSSR count). The number of aryl methyl sites for hydroxylation is 2. The van der Waals surface area contributed by atoms with Gasteiger partial charge in [-0.1, -0.05) is 18.5 Å². The molecule has 1 atom stereocenters. The van der Waals surface area contributed by atoms with E-state index in [0.29, 0.717) is 22.7 Å². The molecule has 0 amide bonds. The first-order valence-electron chi connectivity index (χ1n) is 6.28.